The Hall–Kier alpha value is -1.08. The van der Waals surface area contributed by atoms with E-state index in [-0.39, 0.29) is 19.8 Å². The van der Waals surface area contributed by atoms with Gasteiger partial charge in [-0.3, -0.25) is 10.2 Å². The summed E-state index contributed by atoms with van der Waals surface area (Å²) in [5.41, 5.74) is 0. The average Bonchev–Trinajstić information content (AvgIpc) is 2.67. The van der Waals surface area contributed by atoms with Gasteiger partial charge >= 0.3 is 19.8 Å². The zero-order valence-corrected chi connectivity index (χ0v) is 7.89. The fourth-order valence-corrected chi connectivity index (χ4v) is 0.298. The third-order valence-electron chi connectivity index (χ3n) is 0.607. The molecular weight excluding hydrogens is 322 g/mol. The Morgan fingerprint density at radius 2 is 1.27 bits per heavy atom. The molecule has 0 N–H and O–H groups in total. The molecule has 0 bridgehead atoms. The van der Waals surface area contributed by atoms with Gasteiger partial charge in [0.05, 0.1) is 0 Å². The normalized spacial score (nSPS) is 7.27. The first-order valence-electron chi connectivity index (χ1n) is 2.47. The minimum Gasteiger partial charge on any atom is -0.432 e. The summed E-state index contributed by atoms with van der Waals surface area (Å²) < 4.78 is 0. The maximum atomic E-state index is 3.50. The Balaban J connectivity index is 0.000000167. The van der Waals surface area contributed by atoms with Crippen LogP contribution >= 0.6 is 0 Å². The maximum absolute atomic E-state index is 3.50. The second-order valence-electron chi connectivity index (χ2n) is 1.22. The molecule has 2 rings (SSSR count). The van der Waals surface area contributed by atoms with Crippen molar-refractivity contribution in [3.8, 4) is 0 Å². The van der Waals surface area contributed by atoms with E-state index in [4.69, 9.17) is 0 Å². The minimum absolute atomic E-state index is 0. The molecular formula is C4H4N6Os. The molecule has 0 saturated carbocycles. The summed E-state index contributed by atoms with van der Waals surface area (Å²) in [6, 6.07) is 0. The molecule has 0 radical (unpaired) electrons. The zero-order chi connectivity index (χ0) is 7.07. The molecule has 0 amide bonds. The number of rotatable bonds is 0. The van der Waals surface area contributed by atoms with Gasteiger partial charge in [0, 0.05) is 12.7 Å². The second-order valence-corrected chi connectivity index (χ2v) is 1.22. The molecule has 0 aliphatic carbocycles. The molecule has 0 fully saturated rings. The summed E-state index contributed by atoms with van der Waals surface area (Å²) in [6.45, 7) is 0. The van der Waals surface area contributed by atoms with Gasteiger partial charge in [-0.2, -0.15) is 0 Å². The number of hydrogen-bond acceptors (Lipinski definition) is 4. The first-order chi connectivity index (χ1) is 5.00. The van der Waals surface area contributed by atoms with Crippen molar-refractivity contribution in [1.29, 1.82) is 0 Å². The topological polar surface area (TPSA) is 79.8 Å². The van der Waals surface area contributed by atoms with Gasteiger partial charge in [-0.1, -0.05) is 12.7 Å². The molecule has 0 spiro atoms. The molecule has 11 heavy (non-hydrogen) atoms. The Morgan fingerprint density at radius 1 is 0.818 bits per heavy atom. The van der Waals surface area contributed by atoms with Crippen molar-refractivity contribution in [2.45, 2.75) is 0 Å². The molecule has 0 aliphatic rings. The van der Waals surface area contributed by atoms with E-state index in [0.29, 0.717) is 0 Å². The standard InChI is InChI=1S/2C2H2N3.Os/c2*1-3-2-5-4-1;/h2*1-2H;/q2*-1;+2. The monoisotopic (exact) mass is 328 g/mol. The Labute approximate surface area is 75.9 Å². The summed E-state index contributed by atoms with van der Waals surface area (Å²) >= 11 is 0. The molecule has 0 saturated heterocycles. The molecule has 6 nitrogen and oxygen atoms in total. The van der Waals surface area contributed by atoms with Crippen LogP contribution in [-0.4, -0.2) is 20.2 Å². The summed E-state index contributed by atoms with van der Waals surface area (Å²) in [4.78, 5) is 7.00. The summed E-state index contributed by atoms with van der Waals surface area (Å²) in [7, 11) is 0. The van der Waals surface area contributed by atoms with Crippen molar-refractivity contribution < 1.29 is 19.8 Å². The Morgan fingerprint density at radius 3 is 1.36 bits per heavy atom. The van der Waals surface area contributed by atoms with Gasteiger partial charge in [0.1, 0.15) is 0 Å². The van der Waals surface area contributed by atoms with Gasteiger partial charge in [-0.25, -0.2) is 0 Å². The molecule has 0 unspecified atom stereocenters. The predicted octanol–water partition coefficient (Wildman–Crippen LogP) is -1.13. The smallest absolute Gasteiger partial charge is 0.432 e. The van der Waals surface area contributed by atoms with Gasteiger partial charge in [0.15, 0.2) is 0 Å². The van der Waals surface area contributed by atoms with E-state index in [1.54, 1.807) is 0 Å². The molecule has 2 aromatic heterocycles. The molecule has 2 heterocycles. The fourth-order valence-electron chi connectivity index (χ4n) is 0.298. The van der Waals surface area contributed by atoms with E-state index in [2.05, 4.69) is 30.4 Å². The van der Waals surface area contributed by atoms with Gasteiger partial charge in [0.25, 0.3) is 0 Å². The second kappa shape index (κ2) is 7.03. The van der Waals surface area contributed by atoms with Gasteiger partial charge in [-0.15, -0.1) is 0 Å². The number of nitrogens with zero attached hydrogens (tertiary/aromatic N) is 6. The van der Waals surface area contributed by atoms with Crippen LogP contribution in [0.15, 0.2) is 25.3 Å². The number of hydrogen-bond donors (Lipinski definition) is 0. The van der Waals surface area contributed by atoms with Crippen molar-refractivity contribution in [3.05, 3.63) is 25.3 Å². The first-order valence-corrected chi connectivity index (χ1v) is 2.47. The Kier molecular flexibility index (Phi) is 6.34. The third kappa shape index (κ3) is 5.36. The first kappa shape index (κ1) is 9.92. The molecule has 7 heteroatoms. The van der Waals surface area contributed by atoms with E-state index >= 15 is 0 Å². The van der Waals surface area contributed by atoms with Crippen LogP contribution in [0, 0.1) is 0 Å². The van der Waals surface area contributed by atoms with Crippen molar-refractivity contribution in [2.24, 2.45) is 0 Å². The zero-order valence-electron chi connectivity index (χ0n) is 5.35. The SMILES string of the molecule is [Os+2].c1nc[n-]n1.c1nc[n-]n1. The van der Waals surface area contributed by atoms with Crippen LogP contribution in [0.3, 0.4) is 0 Å². The van der Waals surface area contributed by atoms with Crippen molar-refractivity contribution in [3.63, 3.8) is 0 Å². The van der Waals surface area contributed by atoms with Gasteiger partial charge in [-0.05, 0) is 0 Å². The van der Waals surface area contributed by atoms with E-state index in [1.807, 2.05) is 0 Å². The largest absolute Gasteiger partial charge is 2.00 e. The van der Waals surface area contributed by atoms with Gasteiger partial charge in [0.2, 0.25) is 0 Å². The van der Waals surface area contributed by atoms with Crippen molar-refractivity contribution >= 4 is 0 Å². The van der Waals surface area contributed by atoms with E-state index in [9.17, 15) is 0 Å². The van der Waals surface area contributed by atoms with Crippen LogP contribution in [-0.2, 0) is 19.8 Å². The van der Waals surface area contributed by atoms with Crippen LogP contribution in [0.4, 0.5) is 0 Å². The molecule has 0 atom stereocenters. The van der Waals surface area contributed by atoms with Crippen LogP contribution in [0.25, 0.3) is 0 Å². The fraction of sp³-hybridized carbons (Fsp3) is 0. The van der Waals surface area contributed by atoms with Gasteiger partial charge < -0.3 is 20.2 Å². The summed E-state index contributed by atoms with van der Waals surface area (Å²) in [5, 5.41) is 13.4. The number of aromatic nitrogens is 6. The summed E-state index contributed by atoms with van der Waals surface area (Å²) in [6.07, 6.45) is 5.56. The van der Waals surface area contributed by atoms with E-state index < -0.39 is 0 Å². The predicted molar refractivity (Wildman–Crippen MR) is 30.7 cm³/mol. The summed E-state index contributed by atoms with van der Waals surface area (Å²) in [5.74, 6) is 0. The van der Waals surface area contributed by atoms with Crippen molar-refractivity contribution in [1.82, 2.24) is 30.4 Å². The third-order valence-corrected chi connectivity index (χ3v) is 0.607. The molecule has 58 valence electrons. The van der Waals surface area contributed by atoms with Crippen LogP contribution in [0.1, 0.15) is 0 Å². The molecule has 0 aliphatic heterocycles. The van der Waals surface area contributed by atoms with Crippen LogP contribution in [0.5, 0.6) is 0 Å². The quantitative estimate of drug-likeness (QED) is 0.609. The molecule has 0 aromatic carbocycles. The van der Waals surface area contributed by atoms with E-state index in [1.165, 1.54) is 25.3 Å². The van der Waals surface area contributed by atoms with Crippen LogP contribution < -0.4 is 10.2 Å². The Bertz CT molecular complexity index is 154. The maximum Gasteiger partial charge on any atom is 2.00 e. The van der Waals surface area contributed by atoms with Crippen molar-refractivity contribution in [2.75, 3.05) is 0 Å². The van der Waals surface area contributed by atoms with Crippen LogP contribution in [0.2, 0.25) is 0 Å². The average molecular weight is 326 g/mol. The van der Waals surface area contributed by atoms with E-state index in [0.717, 1.165) is 0 Å². The minimum atomic E-state index is 0. The molecule has 2 aromatic rings.